The van der Waals surface area contributed by atoms with Crippen molar-refractivity contribution in [1.82, 2.24) is 5.32 Å². The molecule has 0 amide bonds. The first-order chi connectivity index (χ1) is 4.83. The maximum Gasteiger partial charge on any atom is 0.0635 e. The normalized spacial score (nSPS) is 30.8. The Hall–Kier alpha value is -0.550. The van der Waals surface area contributed by atoms with Crippen LogP contribution in [0.5, 0.6) is 0 Å². The summed E-state index contributed by atoms with van der Waals surface area (Å²) >= 11 is 0. The second-order valence-electron chi connectivity index (χ2n) is 3.14. The van der Waals surface area contributed by atoms with E-state index >= 15 is 0 Å². The monoisotopic (exact) mass is 138 g/mol. The lowest BCUT2D eigenvalue weighted by molar-refractivity contribution is 0.244. The van der Waals surface area contributed by atoms with Crippen molar-refractivity contribution in [3.8, 4) is 6.07 Å². The lowest BCUT2D eigenvalue weighted by Crippen LogP contribution is -2.40. The molecule has 1 rings (SSSR count). The van der Waals surface area contributed by atoms with Gasteiger partial charge in [0.2, 0.25) is 0 Å². The number of hydrogen-bond donors (Lipinski definition) is 1. The van der Waals surface area contributed by atoms with Gasteiger partial charge in [-0.15, -0.1) is 0 Å². The minimum absolute atomic E-state index is 0.644. The molecule has 0 bridgehead atoms. The smallest absolute Gasteiger partial charge is 0.0635 e. The third kappa shape index (κ3) is 2.00. The lowest BCUT2D eigenvalue weighted by Gasteiger charge is -2.33. The zero-order valence-corrected chi connectivity index (χ0v) is 6.43. The van der Waals surface area contributed by atoms with Crippen LogP contribution >= 0.6 is 0 Å². The average molecular weight is 138 g/mol. The number of nitrogens with one attached hydrogen (secondary N) is 1. The molecule has 1 aliphatic rings. The summed E-state index contributed by atoms with van der Waals surface area (Å²) in [6.07, 6.45) is 3.24. The zero-order chi connectivity index (χ0) is 7.40. The van der Waals surface area contributed by atoms with Crippen LogP contribution in [0.4, 0.5) is 0 Å². The van der Waals surface area contributed by atoms with Gasteiger partial charge < -0.3 is 5.32 Å². The molecule has 0 radical (unpaired) electrons. The molecule has 2 nitrogen and oxygen atoms in total. The molecule has 1 N–H and O–H groups in total. The summed E-state index contributed by atoms with van der Waals surface area (Å²) in [5.41, 5.74) is 0. The van der Waals surface area contributed by atoms with Gasteiger partial charge in [0.1, 0.15) is 0 Å². The molecule has 1 fully saturated rings. The van der Waals surface area contributed by atoms with Gasteiger partial charge in [-0.05, 0) is 18.8 Å². The number of nitrogens with zero attached hydrogens (tertiary/aromatic N) is 1. The third-order valence-corrected chi connectivity index (χ3v) is 2.04. The molecule has 0 atom stereocenters. The van der Waals surface area contributed by atoms with E-state index in [2.05, 4.69) is 18.3 Å². The minimum atomic E-state index is 0.644. The van der Waals surface area contributed by atoms with E-state index in [0.717, 1.165) is 12.5 Å². The van der Waals surface area contributed by atoms with Crippen molar-refractivity contribution in [2.24, 2.45) is 5.92 Å². The van der Waals surface area contributed by atoms with Crippen LogP contribution in [0.15, 0.2) is 0 Å². The molecule has 56 valence electrons. The molecule has 1 saturated carbocycles. The number of hydrogen-bond acceptors (Lipinski definition) is 2. The van der Waals surface area contributed by atoms with Crippen LogP contribution in [0.25, 0.3) is 0 Å². The first-order valence-corrected chi connectivity index (χ1v) is 3.93. The highest BCUT2D eigenvalue weighted by Gasteiger charge is 2.23. The molecular formula is C8H14N2. The predicted molar refractivity (Wildman–Crippen MR) is 40.4 cm³/mol. The topological polar surface area (TPSA) is 35.8 Å². The molecule has 0 spiro atoms. The Morgan fingerprint density at radius 2 is 2.30 bits per heavy atom. The Morgan fingerprint density at radius 3 is 2.80 bits per heavy atom. The molecule has 0 aromatic carbocycles. The molecule has 0 heterocycles. The van der Waals surface area contributed by atoms with Gasteiger partial charge in [-0.1, -0.05) is 6.92 Å². The first kappa shape index (κ1) is 7.56. The van der Waals surface area contributed by atoms with Crippen molar-refractivity contribution in [2.45, 2.75) is 32.2 Å². The zero-order valence-electron chi connectivity index (χ0n) is 6.43. The van der Waals surface area contributed by atoms with Crippen LogP contribution in [0.1, 0.15) is 26.2 Å². The Morgan fingerprint density at radius 1 is 1.60 bits per heavy atom. The van der Waals surface area contributed by atoms with E-state index in [1.807, 2.05) is 0 Å². The van der Waals surface area contributed by atoms with E-state index in [-0.39, 0.29) is 0 Å². The third-order valence-electron chi connectivity index (χ3n) is 2.04. The van der Waals surface area contributed by atoms with E-state index in [0.29, 0.717) is 12.5 Å². The van der Waals surface area contributed by atoms with E-state index in [1.54, 1.807) is 0 Å². The van der Waals surface area contributed by atoms with E-state index in [9.17, 15) is 0 Å². The first-order valence-electron chi connectivity index (χ1n) is 3.93. The second-order valence-corrected chi connectivity index (χ2v) is 3.14. The molecule has 0 aromatic rings. The Labute approximate surface area is 62.2 Å². The Balaban J connectivity index is 1.91. The summed E-state index contributed by atoms with van der Waals surface area (Å²) in [7, 11) is 0. The summed E-state index contributed by atoms with van der Waals surface area (Å²) < 4.78 is 0. The van der Waals surface area contributed by atoms with Gasteiger partial charge in [0, 0.05) is 19.0 Å². The molecule has 2 heteroatoms. The summed E-state index contributed by atoms with van der Waals surface area (Å²) in [5.74, 6) is 0.902. The molecular weight excluding hydrogens is 124 g/mol. The molecule has 0 aromatic heterocycles. The van der Waals surface area contributed by atoms with Crippen molar-refractivity contribution in [1.29, 1.82) is 5.26 Å². The highest BCUT2D eigenvalue weighted by Crippen LogP contribution is 2.25. The summed E-state index contributed by atoms with van der Waals surface area (Å²) in [6.45, 7) is 3.14. The molecule has 0 aliphatic heterocycles. The van der Waals surface area contributed by atoms with Crippen molar-refractivity contribution < 1.29 is 0 Å². The number of rotatable bonds is 3. The average Bonchev–Trinajstić information content (AvgIpc) is 1.85. The highest BCUT2D eigenvalue weighted by molar-refractivity contribution is 4.83. The standard InChI is InChI=1S/C8H14N2/c1-7-5-8(6-7)10-4-2-3-9/h7-8,10H,2,4-6H2,1H3. The maximum atomic E-state index is 8.23. The van der Waals surface area contributed by atoms with E-state index in [4.69, 9.17) is 5.26 Å². The summed E-state index contributed by atoms with van der Waals surface area (Å²) in [6, 6.07) is 2.83. The molecule has 10 heavy (non-hydrogen) atoms. The van der Waals surface area contributed by atoms with Crippen LogP contribution in [-0.2, 0) is 0 Å². The van der Waals surface area contributed by atoms with Crippen LogP contribution in [0, 0.1) is 17.2 Å². The molecule has 0 saturated heterocycles. The predicted octanol–water partition coefficient (Wildman–Crippen LogP) is 1.29. The maximum absolute atomic E-state index is 8.23. The van der Waals surface area contributed by atoms with Crippen LogP contribution in [0.3, 0.4) is 0 Å². The van der Waals surface area contributed by atoms with Gasteiger partial charge in [-0.25, -0.2) is 0 Å². The van der Waals surface area contributed by atoms with Gasteiger partial charge in [0.05, 0.1) is 6.07 Å². The Bertz CT molecular complexity index is 131. The minimum Gasteiger partial charge on any atom is -0.313 e. The molecule has 0 unspecified atom stereocenters. The van der Waals surface area contributed by atoms with Gasteiger partial charge in [0.15, 0.2) is 0 Å². The van der Waals surface area contributed by atoms with Crippen molar-refractivity contribution >= 4 is 0 Å². The van der Waals surface area contributed by atoms with Crippen molar-refractivity contribution in [3.63, 3.8) is 0 Å². The van der Waals surface area contributed by atoms with Crippen LogP contribution < -0.4 is 5.32 Å². The number of nitriles is 1. The highest BCUT2D eigenvalue weighted by atomic mass is 14.9. The molecule has 1 aliphatic carbocycles. The van der Waals surface area contributed by atoms with Gasteiger partial charge in [-0.3, -0.25) is 0 Å². The van der Waals surface area contributed by atoms with Crippen molar-refractivity contribution in [2.75, 3.05) is 6.54 Å². The van der Waals surface area contributed by atoms with E-state index in [1.165, 1.54) is 12.8 Å². The van der Waals surface area contributed by atoms with Crippen molar-refractivity contribution in [3.05, 3.63) is 0 Å². The Kier molecular flexibility index (Phi) is 2.70. The quantitative estimate of drug-likeness (QED) is 0.596. The van der Waals surface area contributed by atoms with Gasteiger partial charge in [-0.2, -0.15) is 5.26 Å². The van der Waals surface area contributed by atoms with Crippen LogP contribution in [-0.4, -0.2) is 12.6 Å². The van der Waals surface area contributed by atoms with E-state index < -0.39 is 0 Å². The van der Waals surface area contributed by atoms with Crippen LogP contribution in [0.2, 0.25) is 0 Å². The SMILES string of the molecule is CC1CC(NCCC#N)C1. The summed E-state index contributed by atoms with van der Waals surface area (Å²) in [4.78, 5) is 0. The fraction of sp³-hybridized carbons (Fsp3) is 0.875. The van der Waals surface area contributed by atoms with Gasteiger partial charge >= 0.3 is 0 Å². The second kappa shape index (κ2) is 3.58. The fourth-order valence-corrected chi connectivity index (χ4v) is 1.40. The summed E-state index contributed by atoms with van der Waals surface area (Å²) in [5, 5.41) is 11.6. The van der Waals surface area contributed by atoms with Gasteiger partial charge in [0.25, 0.3) is 0 Å². The largest absolute Gasteiger partial charge is 0.313 e. The lowest BCUT2D eigenvalue weighted by atomic mass is 9.82. The fourth-order valence-electron chi connectivity index (χ4n) is 1.40.